The minimum absolute atomic E-state index is 0.0628. The van der Waals surface area contributed by atoms with Crippen LogP contribution >= 0.6 is 0 Å². The molecule has 2 aromatic heterocycles. The molecule has 0 aliphatic carbocycles. The van der Waals surface area contributed by atoms with Crippen LogP contribution in [0.2, 0.25) is 0 Å². The number of hydrogen-bond donors (Lipinski definition) is 1. The van der Waals surface area contributed by atoms with Gasteiger partial charge in [0.05, 0.1) is 18.3 Å². The van der Waals surface area contributed by atoms with Gasteiger partial charge in [-0.05, 0) is 6.42 Å². The zero-order chi connectivity index (χ0) is 16.4. The topological polar surface area (TPSA) is 88.9 Å². The maximum atomic E-state index is 11.7. The van der Waals surface area contributed by atoms with Crippen molar-refractivity contribution in [3.05, 3.63) is 39.8 Å². The molecule has 0 radical (unpaired) electrons. The number of aryl methyl sites for hydroxylation is 2. The smallest absolute Gasteiger partial charge is 0.251 e. The molecule has 2 atom stereocenters. The second-order valence-electron chi connectivity index (χ2n) is 5.93. The lowest BCUT2D eigenvalue weighted by molar-refractivity contribution is 0.0955. The van der Waals surface area contributed by atoms with Crippen LogP contribution < -0.4 is 5.56 Å². The molecule has 0 bridgehead atoms. The van der Waals surface area contributed by atoms with Gasteiger partial charge in [0.2, 0.25) is 0 Å². The van der Waals surface area contributed by atoms with E-state index in [1.807, 2.05) is 20.2 Å². The standard InChI is InChI=1S/C15H22N6O2/c1-4-10-5-15(22)17-14(16-10)9-21-6-11(13(8-21)23-3)12-7-20(2)19-18-12/h5,7,11,13H,4,6,8-9H2,1-3H3,(H,16,17,22)/t11-,13+/m0/s1. The number of nitrogens with zero attached hydrogens (tertiary/aromatic N) is 5. The van der Waals surface area contributed by atoms with Crippen molar-refractivity contribution in [2.75, 3.05) is 20.2 Å². The number of aromatic nitrogens is 5. The summed E-state index contributed by atoms with van der Waals surface area (Å²) >= 11 is 0. The number of aromatic amines is 1. The Morgan fingerprint density at radius 3 is 2.91 bits per heavy atom. The van der Waals surface area contributed by atoms with Crippen LogP contribution in [0.1, 0.15) is 30.1 Å². The molecule has 1 aliphatic rings. The molecule has 1 fully saturated rings. The Bertz CT molecular complexity index is 725. The highest BCUT2D eigenvalue weighted by Gasteiger charge is 2.35. The molecule has 3 heterocycles. The van der Waals surface area contributed by atoms with Gasteiger partial charge in [-0.2, -0.15) is 0 Å². The maximum Gasteiger partial charge on any atom is 0.251 e. The highest BCUT2D eigenvalue weighted by atomic mass is 16.5. The highest BCUT2D eigenvalue weighted by Crippen LogP contribution is 2.28. The number of likely N-dealkylation sites (tertiary alicyclic amines) is 1. The van der Waals surface area contributed by atoms with Gasteiger partial charge in [-0.1, -0.05) is 12.1 Å². The second kappa shape index (κ2) is 6.59. The van der Waals surface area contributed by atoms with Crippen LogP contribution in [0, 0.1) is 0 Å². The minimum Gasteiger partial charge on any atom is -0.379 e. The van der Waals surface area contributed by atoms with E-state index in [-0.39, 0.29) is 17.6 Å². The van der Waals surface area contributed by atoms with E-state index in [4.69, 9.17) is 4.74 Å². The Kier molecular flexibility index (Phi) is 4.53. The zero-order valence-electron chi connectivity index (χ0n) is 13.7. The molecule has 0 aromatic carbocycles. The minimum atomic E-state index is -0.0974. The summed E-state index contributed by atoms with van der Waals surface area (Å²) in [5, 5.41) is 8.22. The fourth-order valence-corrected chi connectivity index (χ4v) is 3.07. The van der Waals surface area contributed by atoms with Gasteiger partial charge in [0.15, 0.2) is 0 Å². The van der Waals surface area contributed by atoms with Gasteiger partial charge < -0.3 is 9.72 Å². The lowest BCUT2D eigenvalue weighted by Gasteiger charge is -2.14. The first kappa shape index (κ1) is 15.8. The third kappa shape index (κ3) is 3.48. The number of methoxy groups -OCH3 is 1. The van der Waals surface area contributed by atoms with Gasteiger partial charge in [-0.3, -0.25) is 14.4 Å². The molecule has 0 unspecified atom stereocenters. The normalized spacial score (nSPS) is 21.9. The SMILES string of the molecule is CCc1cc(=O)[nH]c(CN2C[C@@H](OC)[C@H](c3cn(C)nn3)C2)n1. The predicted octanol–water partition coefficient (Wildman–Crippen LogP) is 0.0752. The van der Waals surface area contributed by atoms with E-state index in [1.54, 1.807) is 17.9 Å². The molecule has 8 nitrogen and oxygen atoms in total. The number of rotatable bonds is 5. The third-order valence-corrected chi connectivity index (χ3v) is 4.22. The summed E-state index contributed by atoms with van der Waals surface area (Å²) in [6.45, 7) is 4.17. The first-order chi connectivity index (χ1) is 11.1. The van der Waals surface area contributed by atoms with Crippen LogP contribution in [0.25, 0.3) is 0 Å². The van der Waals surface area contributed by atoms with Crippen molar-refractivity contribution in [2.24, 2.45) is 7.05 Å². The Labute approximate surface area is 134 Å². The number of hydrogen-bond acceptors (Lipinski definition) is 6. The van der Waals surface area contributed by atoms with Crippen molar-refractivity contribution in [3.63, 3.8) is 0 Å². The van der Waals surface area contributed by atoms with Crippen molar-refractivity contribution in [3.8, 4) is 0 Å². The Hall–Kier alpha value is -2.06. The van der Waals surface area contributed by atoms with E-state index >= 15 is 0 Å². The first-order valence-corrected chi connectivity index (χ1v) is 7.79. The summed E-state index contributed by atoms with van der Waals surface area (Å²) < 4.78 is 7.32. The van der Waals surface area contributed by atoms with Crippen LogP contribution in [0.5, 0.6) is 0 Å². The predicted molar refractivity (Wildman–Crippen MR) is 84.1 cm³/mol. The number of ether oxygens (including phenoxy) is 1. The molecule has 8 heteroatoms. The van der Waals surface area contributed by atoms with Gasteiger partial charge >= 0.3 is 0 Å². The molecule has 0 spiro atoms. The van der Waals surface area contributed by atoms with Crippen molar-refractivity contribution >= 4 is 0 Å². The number of nitrogens with one attached hydrogen (secondary N) is 1. The fraction of sp³-hybridized carbons (Fsp3) is 0.600. The average molecular weight is 318 g/mol. The molecule has 3 rings (SSSR count). The van der Waals surface area contributed by atoms with Gasteiger partial charge in [0, 0.05) is 51.1 Å². The quantitative estimate of drug-likeness (QED) is 0.839. The van der Waals surface area contributed by atoms with Gasteiger partial charge in [0.25, 0.3) is 5.56 Å². The van der Waals surface area contributed by atoms with Crippen LogP contribution in [0.4, 0.5) is 0 Å². The molecular weight excluding hydrogens is 296 g/mol. The zero-order valence-corrected chi connectivity index (χ0v) is 13.7. The molecule has 2 aromatic rings. The van der Waals surface area contributed by atoms with Crippen LogP contribution in [-0.2, 0) is 24.8 Å². The molecular formula is C15H22N6O2. The van der Waals surface area contributed by atoms with Crippen LogP contribution in [0.3, 0.4) is 0 Å². The van der Waals surface area contributed by atoms with Crippen LogP contribution in [0.15, 0.2) is 17.1 Å². The number of H-pyrrole nitrogens is 1. The summed E-state index contributed by atoms with van der Waals surface area (Å²) in [4.78, 5) is 21.2. The van der Waals surface area contributed by atoms with Crippen molar-refractivity contribution in [1.29, 1.82) is 0 Å². The molecule has 1 saturated heterocycles. The summed E-state index contributed by atoms with van der Waals surface area (Å²) in [6.07, 6.45) is 2.74. The van der Waals surface area contributed by atoms with E-state index in [0.29, 0.717) is 12.4 Å². The second-order valence-corrected chi connectivity index (χ2v) is 5.93. The Morgan fingerprint density at radius 1 is 1.43 bits per heavy atom. The van der Waals surface area contributed by atoms with E-state index in [9.17, 15) is 4.79 Å². The lowest BCUT2D eigenvalue weighted by Crippen LogP contribution is -2.25. The third-order valence-electron chi connectivity index (χ3n) is 4.22. The van der Waals surface area contributed by atoms with E-state index < -0.39 is 0 Å². The summed E-state index contributed by atoms with van der Waals surface area (Å²) in [5.41, 5.74) is 1.65. The van der Waals surface area contributed by atoms with Crippen molar-refractivity contribution in [2.45, 2.75) is 31.9 Å². The van der Waals surface area contributed by atoms with Crippen molar-refractivity contribution < 1.29 is 4.74 Å². The fourth-order valence-electron chi connectivity index (χ4n) is 3.07. The van der Waals surface area contributed by atoms with E-state index in [2.05, 4.69) is 25.2 Å². The van der Waals surface area contributed by atoms with Crippen molar-refractivity contribution in [1.82, 2.24) is 29.9 Å². The van der Waals surface area contributed by atoms with Gasteiger partial charge in [0.1, 0.15) is 5.82 Å². The Balaban J connectivity index is 1.75. The largest absolute Gasteiger partial charge is 0.379 e. The molecule has 0 amide bonds. The maximum absolute atomic E-state index is 11.7. The summed E-state index contributed by atoms with van der Waals surface area (Å²) in [6, 6.07) is 1.55. The van der Waals surface area contributed by atoms with Gasteiger partial charge in [-0.25, -0.2) is 4.98 Å². The first-order valence-electron chi connectivity index (χ1n) is 7.79. The van der Waals surface area contributed by atoms with Crippen LogP contribution in [-0.4, -0.2) is 56.2 Å². The lowest BCUT2D eigenvalue weighted by atomic mass is 10.0. The molecule has 1 aliphatic heterocycles. The van der Waals surface area contributed by atoms with E-state index in [0.717, 1.165) is 30.9 Å². The molecule has 124 valence electrons. The highest BCUT2D eigenvalue weighted by molar-refractivity contribution is 5.11. The Morgan fingerprint density at radius 2 is 2.26 bits per heavy atom. The van der Waals surface area contributed by atoms with Gasteiger partial charge in [-0.15, -0.1) is 5.10 Å². The molecule has 0 saturated carbocycles. The molecule has 1 N–H and O–H groups in total. The summed E-state index contributed by atoms with van der Waals surface area (Å²) in [7, 11) is 3.57. The molecule has 23 heavy (non-hydrogen) atoms. The van der Waals surface area contributed by atoms with E-state index in [1.165, 1.54) is 0 Å². The monoisotopic (exact) mass is 318 g/mol. The summed E-state index contributed by atoms with van der Waals surface area (Å²) in [5.74, 6) is 0.874. The average Bonchev–Trinajstić information content (AvgIpc) is 3.12.